The molecule has 1 aliphatic rings. The summed E-state index contributed by atoms with van der Waals surface area (Å²) in [6, 6.07) is 16.1. The van der Waals surface area contributed by atoms with Gasteiger partial charge in [-0.25, -0.2) is 4.98 Å². The first-order valence-electron chi connectivity index (χ1n) is 9.13. The molecule has 1 aliphatic heterocycles. The molecule has 1 atom stereocenters. The molecular formula is C21H23Cl2N3O2. The molecule has 0 saturated carbocycles. The van der Waals surface area contributed by atoms with Gasteiger partial charge >= 0.3 is 5.97 Å². The summed E-state index contributed by atoms with van der Waals surface area (Å²) in [5, 5.41) is 0.736. The second-order valence-corrected chi connectivity index (χ2v) is 7.41. The third kappa shape index (κ3) is 4.32. The smallest absolute Gasteiger partial charge is 0.310 e. The van der Waals surface area contributed by atoms with Crippen LogP contribution in [-0.4, -0.2) is 40.6 Å². The minimum atomic E-state index is -0.118. The maximum absolute atomic E-state index is 11.8. The van der Waals surface area contributed by atoms with Crippen LogP contribution in [0, 0.1) is 5.92 Å². The van der Waals surface area contributed by atoms with E-state index in [1.54, 1.807) is 0 Å². The van der Waals surface area contributed by atoms with Crippen molar-refractivity contribution in [2.45, 2.75) is 19.5 Å². The number of esters is 1. The number of nitrogens with zero attached hydrogens (tertiary/aromatic N) is 3. The first kappa shape index (κ1) is 20.6. The van der Waals surface area contributed by atoms with Crippen LogP contribution in [0.15, 0.2) is 48.5 Å². The highest BCUT2D eigenvalue weighted by Crippen LogP contribution is 2.23. The van der Waals surface area contributed by atoms with E-state index < -0.39 is 0 Å². The highest BCUT2D eigenvalue weighted by atomic mass is 35.5. The molecule has 1 fully saturated rings. The Labute approximate surface area is 175 Å². The molecule has 2 heterocycles. The summed E-state index contributed by atoms with van der Waals surface area (Å²) in [6.07, 6.45) is 0.837. The Morgan fingerprint density at radius 1 is 1.18 bits per heavy atom. The molecule has 1 aromatic heterocycles. The van der Waals surface area contributed by atoms with E-state index in [2.05, 4.69) is 15.5 Å². The van der Waals surface area contributed by atoms with Gasteiger partial charge in [-0.3, -0.25) is 9.69 Å². The van der Waals surface area contributed by atoms with E-state index in [0.717, 1.165) is 54.5 Å². The van der Waals surface area contributed by atoms with Crippen molar-refractivity contribution in [2.75, 3.05) is 20.2 Å². The molecule has 0 amide bonds. The third-order valence-electron chi connectivity index (χ3n) is 5.16. The van der Waals surface area contributed by atoms with Gasteiger partial charge in [0.05, 0.1) is 30.6 Å². The van der Waals surface area contributed by atoms with Crippen molar-refractivity contribution in [3.05, 3.63) is 64.9 Å². The van der Waals surface area contributed by atoms with Gasteiger partial charge in [0, 0.05) is 18.1 Å². The van der Waals surface area contributed by atoms with E-state index in [1.165, 1.54) is 12.7 Å². The molecule has 148 valence electrons. The highest BCUT2D eigenvalue weighted by molar-refractivity contribution is 6.30. The average Bonchev–Trinajstić information content (AvgIpc) is 3.28. The number of aromatic nitrogens is 2. The lowest BCUT2D eigenvalue weighted by Gasteiger charge is -2.17. The molecule has 1 unspecified atom stereocenters. The number of hydrogen-bond acceptors (Lipinski definition) is 4. The topological polar surface area (TPSA) is 47.4 Å². The van der Waals surface area contributed by atoms with Crippen LogP contribution in [0.1, 0.15) is 17.8 Å². The maximum atomic E-state index is 11.8. The summed E-state index contributed by atoms with van der Waals surface area (Å²) < 4.78 is 7.15. The van der Waals surface area contributed by atoms with Crippen molar-refractivity contribution in [3.63, 3.8) is 0 Å². The Balaban J connectivity index is 0.00000225. The van der Waals surface area contributed by atoms with Gasteiger partial charge in [-0.2, -0.15) is 0 Å². The number of likely N-dealkylation sites (tertiary alicyclic amines) is 1. The summed E-state index contributed by atoms with van der Waals surface area (Å²) in [6.45, 7) is 3.05. The van der Waals surface area contributed by atoms with E-state index in [-0.39, 0.29) is 24.3 Å². The van der Waals surface area contributed by atoms with Gasteiger partial charge in [-0.1, -0.05) is 35.9 Å². The van der Waals surface area contributed by atoms with Crippen molar-refractivity contribution in [1.82, 2.24) is 14.5 Å². The van der Waals surface area contributed by atoms with Crippen molar-refractivity contribution in [2.24, 2.45) is 5.92 Å². The Morgan fingerprint density at radius 2 is 1.93 bits per heavy atom. The molecule has 1 saturated heterocycles. The molecule has 0 bridgehead atoms. The standard InChI is InChI=1S/C21H22ClN3O2.ClH/c1-27-21(26)16-10-11-24(13-16)14-20-23-18-4-2-3-5-19(18)25(20)12-15-6-8-17(22)9-7-15;/h2-9,16H,10-14H2,1H3;1H. The zero-order valence-electron chi connectivity index (χ0n) is 15.7. The molecular weight excluding hydrogens is 397 g/mol. The molecule has 0 spiro atoms. The third-order valence-corrected chi connectivity index (χ3v) is 5.41. The lowest BCUT2D eigenvalue weighted by Crippen LogP contribution is -2.25. The largest absolute Gasteiger partial charge is 0.469 e. The van der Waals surface area contributed by atoms with Crippen LogP contribution >= 0.6 is 24.0 Å². The van der Waals surface area contributed by atoms with E-state index in [4.69, 9.17) is 21.3 Å². The van der Waals surface area contributed by atoms with E-state index in [9.17, 15) is 4.79 Å². The van der Waals surface area contributed by atoms with E-state index in [1.807, 2.05) is 42.5 Å². The number of imidazole rings is 1. The van der Waals surface area contributed by atoms with Crippen LogP contribution in [0.2, 0.25) is 5.02 Å². The number of methoxy groups -OCH3 is 1. The molecule has 3 aromatic rings. The molecule has 0 radical (unpaired) electrons. The summed E-state index contributed by atoms with van der Waals surface area (Å²) in [7, 11) is 1.45. The number of halogens is 2. The second-order valence-electron chi connectivity index (χ2n) is 6.97. The maximum Gasteiger partial charge on any atom is 0.310 e. The Kier molecular flexibility index (Phi) is 6.60. The van der Waals surface area contributed by atoms with Gasteiger partial charge in [0.15, 0.2) is 0 Å². The fourth-order valence-corrected chi connectivity index (χ4v) is 3.86. The predicted octanol–water partition coefficient (Wildman–Crippen LogP) is 4.15. The fourth-order valence-electron chi connectivity index (χ4n) is 3.73. The molecule has 5 nitrogen and oxygen atoms in total. The Bertz CT molecular complexity index is 956. The number of para-hydroxylation sites is 2. The average molecular weight is 420 g/mol. The summed E-state index contributed by atoms with van der Waals surface area (Å²) in [5.74, 6) is 0.855. The predicted molar refractivity (Wildman–Crippen MR) is 113 cm³/mol. The lowest BCUT2D eigenvalue weighted by atomic mass is 10.1. The number of fused-ring (bicyclic) bond motifs is 1. The normalized spacial score (nSPS) is 16.9. The first-order valence-corrected chi connectivity index (χ1v) is 9.50. The number of hydrogen-bond donors (Lipinski definition) is 0. The van der Waals surface area contributed by atoms with Gasteiger partial charge in [0.25, 0.3) is 0 Å². The molecule has 28 heavy (non-hydrogen) atoms. The number of carbonyl (C=O) groups is 1. The van der Waals surface area contributed by atoms with Crippen LogP contribution < -0.4 is 0 Å². The van der Waals surface area contributed by atoms with Crippen LogP contribution in [0.5, 0.6) is 0 Å². The molecule has 0 aliphatic carbocycles. The molecule has 4 rings (SSSR count). The molecule has 0 N–H and O–H groups in total. The number of benzene rings is 2. The van der Waals surface area contributed by atoms with Crippen molar-refractivity contribution < 1.29 is 9.53 Å². The zero-order chi connectivity index (χ0) is 18.8. The number of rotatable bonds is 5. The lowest BCUT2D eigenvalue weighted by molar-refractivity contribution is -0.144. The highest BCUT2D eigenvalue weighted by Gasteiger charge is 2.29. The minimum Gasteiger partial charge on any atom is -0.469 e. The summed E-state index contributed by atoms with van der Waals surface area (Å²) in [4.78, 5) is 18.9. The zero-order valence-corrected chi connectivity index (χ0v) is 17.2. The van der Waals surface area contributed by atoms with Gasteiger partial charge in [0.1, 0.15) is 5.82 Å². The van der Waals surface area contributed by atoms with Gasteiger partial charge in [0.2, 0.25) is 0 Å². The minimum absolute atomic E-state index is 0. The van der Waals surface area contributed by atoms with E-state index >= 15 is 0 Å². The Hall–Kier alpha value is -2.08. The number of ether oxygens (including phenoxy) is 1. The van der Waals surface area contributed by atoms with Gasteiger partial charge in [-0.15, -0.1) is 12.4 Å². The van der Waals surface area contributed by atoms with Crippen molar-refractivity contribution in [1.29, 1.82) is 0 Å². The molecule has 7 heteroatoms. The van der Waals surface area contributed by atoms with Gasteiger partial charge < -0.3 is 9.30 Å². The Morgan fingerprint density at radius 3 is 2.68 bits per heavy atom. The fraction of sp³-hybridized carbons (Fsp3) is 0.333. The van der Waals surface area contributed by atoms with Gasteiger partial charge in [-0.05, 0) is 42.8 Å². The monoisotopic (exact) mass is 419 g/mol. The van der Waals surface area contributed by atoms with Crippen LogP contribution in [-0.2, 0) is 22.6 Å². The van der Waals surface area contributed by atoms with Crippen LogP contribution in [0.3, 0.4) is 0 Å². The van der Waals surface area contributed by atoms with Crippen molar-refractivity contribution >= 4 is 41.0 Å². The summed E-state index contributed by atoms with van der Waals surface area (Å²) >= 11 is 6.02. The quantitative estimate of drug-likeness (QED) is 0.582. The second kappa shape index (κ2) is 8.95. The van der Waals surface area contributed by atoms with Crippen LogP contribution in [0.4, 0.5) is 0 Å². The SMILES string of the molecule is COC(=O)C1CCN(Cc2nc3ccccc3n2Cc2ccc(Cl)cc2)C1.Cl. The number of carbonyl (C=O) groups excluding carboxylic acids is 1. The molecule has 2 aromatic carbocycles. The van der Waals surface area contributed by atoms with E-state index in [0.29, 0.717) is 0 Å². The van der Waals surface area contributed by atoms with Crippen LogP contribution in [0.25, 0.3) is 11.0 Å². The van der Waals surface area contributed by atoms with Crippen molar-refractivity contribution in [3.8, 4) is 0 Å². The summed E-state index contributed by atoms with van der Waals surface area (Å²) in [5.41, 5.74) is 3.29. The first-order chi connectivity index (χ1) is 13.1.